The van der Waals surface area contributed by atoms with Crippen LogP contribution < -0.4 is 14.5 Å². The number of anilines is 6. The summed E-state index contributed by atoms with van der Waals surface area (Å²) in [4.78, 5) is 4.63. The second-order valence-electron chi connectivity index (χ2n) is 15.0. The topological polar surface area (TPSA) is 15.7 Å². The lowest BCUT2D eigenvalue weighted by Gasteiger charge is -2.30. The molecule has 11 rings (SSSR count). The minimum absolute atomic E-state index is 0.838. The number of rotatable bonds is 8. The van der Waals surface area contributed by atoms with Crippen LogP contribution >= 0.6 is 0 Å². The Morgan fingerprint density at radius 3 is 1.47 bits per heavy atom. The van der Waals surface area contributed by atoms with E-state index in [-0.39, 0.29) is 0 Å². The molecule has 0 bridgehead atoms. The van der Waals surface area contributed by atoms with Crippen LogP contribution in [-0.2, 0) is 0 Å². The van der Waals surface area contributed by atoms with E-state index in [1.165, 1.54) is 33.0 Å². The highest BCUT2D eigenvalue weighted by Crippen LogP contribution is 2.51. The molecular weight excluding hydrogens is 717 g/mol. The number of fused-ring (bicyclic) bond motifs is 3. The summed E-state index contributed by atoms with van der Waals surface area (Å²) in [5.74, 6) is 1.68. The molecule has 0 fully saturated rings. The van der Waals surface area contributed by atoms with Crippen LogP contribution in [0.2, 0.25) is 0 Å². The van der Waals surface area contributed by atoms with Gasteiger partial charge in [-0.1, -0.05) is 152 Å². The molecule has 0 saturated carbocycles. The first-order valence-electron chi connectivity index (χ1n) is 20.1. The molecule has 0 radical (unpaired) electrons. The maximum absolute atomic E-state index is 6.91. The lowest BCUT2D eigenvalue weighted by molar-refractivity contribution is 0.487. The molecule has 0 aromatic heterocycles. The monoisotopic (exact) mass is 754 g/mol. The Balaban J connectivity index is 1.03. The Morgan fingerprint density at radius 2 is 0.780 bits per heavy atom. The molecule has 1 aliphatic rings. The van der Waals surface area contributed by atoms with E-state index in [9.17, 15) is 0 Å². The molecule has 0 aliphatic carbocycles. The molecule has 0 spiro atoms. The molecule has 59 heavy (non-hydrogen) atoms. The third-order valence-electron chi connectivity index (χ3n) is 11.4. The largest absolute Gasteiger partial charge is 0.456 e. The van der Waals surface area contributed by atoms with Gasteiger partial charge in [-0.25, -0.2) is 0 Å². The lowest BCUT2D eigenvalue weighted by atomic mass is 9.93. The molecule has 0 amide bonds. The Morgan fingerprint density at radius 1 is 0.271 bits per heavy atom. The van der Waals surface area contributed by atoms with Gasteiger partial charge >= 0.3 is 0 Å². The Hall–Kier alpha value is -7.88. The third-order valence-corrected chi connectivity index (χ3v) is 11.4. The fourth-order valence-electron chi connectivity index (χ4n) is 8.63. The van der Waals surface area contributed by atoms with Crippen molar-refractivity contribution in [2.75, 3.05) is 9.80 Å². The van der Waals surface area contributed by atoms with Crippen molar-refractivity contribution < 1.29 is 4.74 Å². The number of para-hydroxylation sites is 2. The fraction of sp³-hybridized carbons (Fsp3) is 0. The molecule has 278 valence electrons. The highest BCUT2D eigenvalue weighted by atomic mass is 16.5. The fourth-order valence-corrected chi connectivity index (χ4v) is 8.63. The van der Waals surface area contributed by atoms with Gasteiger partial charge in [0.15, 0.2) is 0 Å². The van der Waals surface area contributed by atoms with E-state index in [2.05, 4.69) is 240 Å². The van der Waals surface area contributed by atoms with Gasteiger partial charge in [-0.15, -0.1) is 0 Å². The lowest BCUT2D eigenvalue weighted by Crippen LogP contribution is -2.11. The van der Waals surface area contributed by atoms with Crippen LogP contribution in [0.4, 0.5) is 34.1 Å². The standard InChI is InChI=1S/C56H38N2O/c1-4-14-39(15-5-1)40-26-30-46(31-27-40)58(47-32-28-42(29-33-47)51-24-12-17-41-16-10-11-23-50(41)51)49-36-43-18-13-25-52-53-37-48(34-35-54(53)59-55(38-49)56(43)52)57(44-19-6-2-7-20-44)45-21-8-3-9-22-45/h1-38H. The van der Waals surface area contributed by atoms with Gasteiger partial charge in [0, 0.05) is 45.5 Å². The molecule has 1 heterocycles. The van der Waals surface area contributed by atoms with Gasteiger partial charge < -0.3 is 14.5 Å². The first kappa shape index (κ1) is 34.4. The van der Waals surface area contributed by atoms with Gasteiger partial charge in [-0.2, -0.15) is 0 Å². The minimum Gasteiger partial charge on any atom is -0.456 e. The van der Waals surface area contributed by atoms with Gasteiger partial charge in [0.2, 0.25) is 0 Å². The predicted molar refractivity (Wildman–Crippen MR) is 247 cm³/mol. The Bertz CT molecular complexity index is 3060. The minimum atomic E-state index is 0.838. The Kier molecular flexibility index (Phi) is 8.49. The molecule has 10 aromatic rings. The maximum atomic E-state index is 6.91. The first-order valence-corrected chi connectivity index (χ1v) is 20.1. The van der Waals surface area contributed by atoms with Crippen LogP contribution in [0.25, 0.3) is 54.9 Å². The van der Waals surface area contributed by atoms with Gasteiger partial charge in [0.05, 0.1) is 5.69 Å². The predicted octanol–water partition coefficient (Wildman–Crippen LogP) is 16.0. The summed E-state index contributed by atoms with van der Waals surface area (Å²) in [6.07, 6.45) is 0. The smallest absolute Gasteiger partial charge is 0.138 e. The highest BCUT2D eigenvalue weighted by molar-refractivity contribution is 6.07. The molecule has 3 nitrogen and oxygen atoms in total. The molecule has 10 aromatic carbocycles. The second kappa shape index (κ2) is 14.6. The molecule has 0 saturated heterocycles. The molecule has 0 atom stereocenters. The quantitative estimate of drug-likeness (QED) is 0.154. The first-order chi connectivity index (χ1) is 29.2. The van der Waals surface area contributed by atoms with Gasteiger partial charge in [-0.3, -0.25) is 0 Å². The number of nitrogens with zero attached hydrogens (tertiary/aromatic N) is 2. The summed E-state index contributed by atoms with van der Waals surface area (Å²) in [6.45, 7) is 0. The van der Waals surface area contributed by atoms with Crippen molar-refractivity contribution in [2.45, 2.75) is 0 Å². The van der Waals surface area contributed by atoms with E-state index in [0.717, 1.165) is 67.5 Å². The van der Waals surface area contributed by atoms with Crippen LogP contribution in [0, 0.1) is 0 Å². The molecule has 3 heteroatoms. The summed E-state index contributed by atoms with van der Waals surface area (Å²) in [5.41, 5.74) is 13.4. The average molecular weight is 755 g/mol. The van der Waals surface area contributed by atoms with Crippen LogP contribution in [-0.4, -0.2) is 0 Å². The summed E-state index contributed by atoms with van der Waals surface area (Å²) in [7, 11) is 0. The van der Waals surface area contributed by atoms with E-state index in [0.29, 0.717) is 0 Å². The van der Waals surface area contributed by atoms with Crippen LogP contribution in [0.15, 0.2) is 231 Å². The van der Waals surface area contributed by atoms with Gasteiger partial charge in [0.25, 0.3) is 0 Å². The molecular formula is C56H38N2O. The second-order valence-corrected chi connectivity index (χ2v) is 15.0. The number of ether oxygens (including phenoxy) is 1. The Labute approximate surface area is 344 Å². The van der Waals surface area contributed by atoms with E-state index in [1.54, 1.807) is 0 Å². The van der Waals surface area contributed by atoms with Crippen LogP contribution in [0.3, 0.4) is 0 Å². The summed E-state index contributed by atoms with van der Waals surface area (Å²) < 4.78 is 6.91. The van der Waals surface area contributed by atoms with Crippen molar-refractivity contribution >= 4 is 55.7 Å². The zero-order valence-electron chi connectivity index (χ0n) is 32.2. The van der Waals surface area contributed by atoms with Crippen molar-refractivity contribution in [3.8, 4) is 44.9 Å². The van der Waals surface area contributed by atoms with E-state index in [1.807, 2.05) is 0 Å². The normalized spacial score (nSPS) is 11.5. The SMILES string of the molecule is c1ccc(-c2ccc(N(c3ccc(-c4cccc5ccccc45)cc3)c3cc4c5c(cccc5c3)-c3cc(N(c5ccccc5)c5ccccc5)ccc3O4)cc2)cc1. The maximum Gasteiger partial charge on any atom is 0.138 e. The molecule has 0 unspecified atom stereocenters. The van der Waals surface area contributed by atoms with Crippen molar-refractivity contribution in [1.29, 1.82) is 0 Å². The van der Waals surface area contributed by atoms with Crippen molar-refractivity contribution in [3.05, 3.63) is 231 Å². The third kappa shape index (κ3) is 6.26. The van der Waals surface area contributed by atoms with Gasteiger partial charge in [-0.05, 0) is 117 Å². The van der Waals surface area contributed by atoms with E-state index in [4.69, 9.17) is 4.74 Å². The highest BCUT2D eigenvalue weighted by Gasteiger charge is 2.25. The van der Waals surface area contributed by atoms with Crippen molar-refractivity contribution in [3.63, 3.8) is 0 Å². The number of hydrogen-bond donors (Lipinski definition) is 0. The summed E-state index contributed by atoms with van der Waals surface area (Å²) in [5, 5.41) is 4.71. The zero-order chi connectivity index (χ0) is 39.1. The van der Waals surface area contributed by atoms with Gasteiger partial charge in [0.1, 0.15) is 11.5 Å². The van der Waals surface area contributed by atoms with E-state index >= 15 is 0 Å². The van der Waals surface area contributed by atoms with E-state index < -0.39 is 0 Å². The van der Waals surface area contributed by atoms with Crippen molar-refractivity contribution in [1.82, 2.24) is 0 Å². The zero-order valence-corrected chi connectivity index (χ0v) is 32.2. The molecule has 0 N–H and O–H groups in total. The summed E-state index contributed by atoms with van der Waals surface area (Å²) in [6, 6.07) is 82.1. The van der Waals surface area contributed by atoms with Crippen molar-refractivity contribution in [2.24, 2.45) is 0 Å². The number of benzene rings is 10. The van der Waals surface area contributed by atoms with Crippen LogP contribution in [0.5, 0.6) is 11.5 Å². The average Bonchev–Trinajstić information content (AvgIpc) is 3.31. The summed E-state index contributed by atoms with van der Waals surface area (Å²) >= 11 is 0. The van der Waals surface area contributed by atoms with Crippen LogP contribution in [0.1, 0.15) is 0 Å². The molecule has 1 aliphatic heterocycles. The number of hydrogen-bond acceptors (Lipinski definition) is 3.